The first kappa shape index (κ1) is 24.4. The Morgan fingerprint density at radius 2 is 1.35 bits per heavy atom. The molecule has 0 aliphatic rings. The first-order chi connectivity index (χ1) is 14.3. The molecule has 0 aliphatic carbocycles. The summed E-state index contributed by atoms with van der Waals surface area (Å²) in [6, 6.07) is 11.9. The molecule has 2 aromatic rings. The summed E-state index contributed by atoms with van der Waals surface area (Å²) in [7, 11) is 0. The molecule has 0 amide bonds. The zero-order valence-electron chi connectivity index (χ0n) is 15.9. The summed E-state index contributed by atoms with van der Waals surface area (Å²) >= 11 is 0. The van der Waals surface area contributed by atoms with Gasteiger partial charge in [-0.05, 0) is 42.3 Å². The second kappa shape index (κ2) is 9.11. The first-order valence-corrected chi connectivity index (χ1v) is 8.75. The maximum Gasteiger partial charge on any atom is 0.381 e. The highest BCUT2D eigenvalue weighted by Crippen LogP contribution is 2.48. The summed E-state index contributed by atoms with van der Waals surface area (Å²) in [5.74, 6) is -19.4. The molecule has 0 radical (unpaired) electrons. The van der Waals surface area contributed by atoms with Gasteiger partial charge in [0.1, 0.15) is 5.75 Å². The lowest BCUT2D eigenvalue weighted by Crippen LogP contribution is -2.59. The van der Waals surface area contributed by atoms with Crippen molar-refractivity contribution < 1.29 is 49.4 Å². The van der Waals surface area contributed by atoms with Gasteiger partial charge in [-0.1, -0.05) is 24.3 Å². The zero-order valence-corrected chi connectivity index (χ0v) is 15.9. The standard InChI is InChI=1S/C20H16F8O3/c1-2-30-15-9-7-13(8-10-15)12-3-5-14(6-4-12)16(29)31-11-18(23,24)20(27,28)19(25,26)17(21)22/h3-10,17H,2,11H2,1H3. The first-order valence-electron chi connectivity index (χ1n) is 8.75. The summed E-state index contributed by atoms with van der Waals surface area (Å²) in [4.78, 5) is 11.8. The average molecular weight is 456 g/mol. The van der Waals surface area contributed by atoms with Crippen LogP contribution in [0, 0.1) is 0 Å². The Bertz CT molecular complexity index is 880. The number of halogens is 8. The van der Waals surface area contributed by atoms with Gasteiger partial charge in [-0.25, -0.2) is 13.6 Å². The molecule has 3 nitrogen and oxygen atoms in total. The van der Waals surface area contributed by atoms with Crippen molar-refractivity contribution in [3.05, 3.63) is 54.1 Å². The fourth-order valence-electron chi connectivity index (χ4n) is 2.42. The molecule has 0 saturated heterocycles. The summed E-state index contributed by atoms with van der Waals surface area (Å²) in [5, 5.41) is 0. The van der Waals surface area contributed by atoms with Crippen LogP contribution in [0.1, 0.15) is 17.3 Å². The van der Waals surface area contributed by atoms with E-state index in [9.17, 15) is 39.9 Å². The Balaban J connectivity index is 2.07. The Morgan fingerprint density at radius 1 is 0.871 bits per heavy atom. The van der Waals surface area contributed by atoms with E-state index in [1.165, 1.54) is 12.1 Å². The molecule has 0 unspecified atom stereocenters. The minimum absolute atomic E-state index is 0.338. The summed E-state index contributed by atoms with van der Waals surface area (Å²) in [5.41, 5.74) is 0.978. The maximum absolute atomic E-state index is 13.5. The van der Waals surface area contributed by atoms with Crippen LogP contribution >= 0.6 is 0 Å². The van der Waals surface area contributed by atoms with Crippen molar-refractivity contribution in [1.29, 1.82) is 0 Å². The summed E-state index contributed by atoms with van der Waals surface area (Å²) in [6.07, 6.45) is -5.04. The Labute approximate surface area is 171 Å². The molecule has 0 saturated carbocycles. The molecule has 0 fully saturated rings. The van der Waals surface area contributed by atoms with E-state index in [1.54, 1.807) is 24.3 Å². The van der Waals surface area contributed by atoms with Crippen molar-refractivity contribution in [3.8, 4) is 16.9 Å². The third-order valence-corrected chi connectivity index (χ3v) is 4.16. The molecule has 0 bridgehead atoms. The van der Waals surface area contributed by atoms with Gasteiger partial charge < -0.3 is 9.47 Å². The Morgan fingerprint density at radius 3 is 1.81 bits per heavy atom. The second-order valence-electron chi connectivity index (χ2n) is 6.31. The number of hydrogen-bond acceptors (Lipinski definition) is 3. The number of carbonyl (C=O) groups excluding carboxylic acids is 1. The molecule has 0 spiro atoms. The number of hydrogen-bond donors (Lipinski definition) is 0. The topological polar surface area (TPSA) is 35.5 Å². The van der Waals surface area contributed by atoms with Crippen molar-refractivity contribution >= 4 is 5.97 Å². The van der Waals surface area contributed by atoms with Gasteiger partial charge in [-0.15, -0.1) is 0 Å². The largest absolute Gasteiger partial charge is 0.494 e. The molecule has 31 heavy (non-hydrogen) atoms. The van der Waals surface area contributed by atoms with E-state index in [4.69, 9.17) is 4.74 Å². The van der Waals surface area contributed by atoms with Crippen LogP contribution < -0.4 is 4.74 Å². The Hall–Kier alpha value is -2.85. The van der Waals surface area contributed by atoms with E-state index in [-0.39, 0.29) is 5.56 Å². The number of alkyl halides is 8. The molecule has 0 aromatic heterocycles. The van der Waals surface area contributed by atoms with Crippen LogP contribution in [-0.2, 0) is 4.74 Å². The van der Waals surface area contributed by atoms with Crippen LogP contribution in [0.15, 0.2) is 48.5 Å². The zero-order chi connectivity index (χ0) is 23.4. The van der Waals surface area contributed by atoms with Crippen LogP contribution in [0.25, 0.3) is 11.1 Å². The van der Waals surface area contributed by atoms with Crippen LogP contribution in [0.3, 0.4) is 0 Å². The number of rotatable bonds is 9. The number of benzene rings is 2. The van der Waals surface area contributed by atoms with E-state index in [0.29, 0.717) is 23.5 Å². The summed E-state index contributed by atoms with van der Waals surface area (Å²) in [6.45, 7) is -0.226. The van der Waals surface area contributed by atoms with Crippen molar-refractivity contribution in [2.75, 3.05) is 13.2 Å². The van der Waals surface area contributed by atoms with Crippen LogP contribution in [0.2, 0.25) is 0 Å². The molecular weight excluding hydrogens is 440 g/mol. The monoisotopic (exact) mass is 456 g/mol. The lowest BCUT2D eigenvalue weighted by molar-refractivity contribution is -0.343. The van der Waals surface area contributed by atoms with Gasteiger partial charge in [0.05, 0.1) is 12.2 Å². The van der Waals surface area contributed by atoms with Crippen molar-refractivity contribution in [2.24, 2.45) is 0 Å². The quantitative estimate of drug-likeness (QED) is 0.339. The normalized spacial score (nSPS) is 12.7. The molecule has 2 rings (SSSR count). The van der Waals surface area contributed by atoms with Crippen molar-refractivity contribution in [3.63, 3.8) is 0 Å². The van der Waals surface area contributed by atoms with E-state index in [0.717, 1.165) is 12.1 Å². The maximum atomic E-state index is 13.5. The molecule has 2 aromatic carbocycles. The van der Waals surface area contributed by atoms with Gasteiger partial charge in [0, 0.05) is 0 Å². The van der Waals surface area contributed by atoms with Gasteiger partial charge in [0.15, 0.2) is 6.61 Å². The minimum Gasteiger partial charge on any atom is -0.494 e. The predicted octanol–water partition coefficient (Wildman–Crippen LogP) is 6.08. The predicted molar refractivity (Wildman–Crippen MR) is 94.2 cm³/mol. The van der Waals surface area contributed by atoms with Crippen molar-refractivity contribution in [2.45, 2.75) is 31.1 Å². The fourth-order valence-corrected chi connectivity index (χ4v) is 2.42. The molecule has 170 valence electrons. The van der Waals surface area contributed by atoms with Crippen LogP contribution in [0.4, 0.5) is 35.1 Å². The molecule has 0 heterocycles. The number of esters is 1. The number of carbonyl (C=O) groups is 1. The lowest BCUT2D eigenvalue weighted by atomic mass is 10.0. The molecule has 0 atom stereocenters. The van der Waals surface area contributed by atoms with Crippen LogP contribution in [-0.4, -0.2) is 43.4 Å². The highest BCUT2D eigenvalue weighted by atomic mass is 19.4. The fraction of sp³-hybridized carbons (Fsp3) is 0.350. The van der Waals surface area contributed by atoms with E-state index in [2.05, 4.69) is 4.74 Å². The second-order valence-corrected chi connectivity index (χ2v) is 6.31. The third-order valence-electron chi connectivity index (χ3n) is 4.16. The summed E-state index contributed by atoms with van der Waals surface area (Å²) < 4.78 is 112. The number of ether oxygens (including phenoxy) is 2. The molecule has 0 N–H and O–H groups in total. The SMILES string of the molecule is CCOc1ccc(-c2ccc(C(=O)OCC(F)(F)C(F)(F)C(F)(F)C(F)F)cc2)cc1. The van der Waals surface area contributed by atoms with E-state index >= 15 is 0 Å². The van der Waals surface area contributed by atoms with Gasteiger partial charge in [-0.2, -0.15) is 26.3 Å². The smallest absolute Gasteiger partial charge is 0.381 e. The molecular formula is C20H16F8O3. The average Bonchev–Trinajstić information content (AvgIpc) is 2.72. The molecule has 0 aliphatic heterocycles. The van der Waals surface area contributed by atoms with Gasteiger partial charge in [-0.3, -0.25) is 0 Å². The molecule has 11 heteroatoms. The van der Waals surface area contributed by atoms with Crippen molar-refractivity contribution in [1.82, 2.24) is 0 Å². The third kappa shape index (κ3) is 5.08. The van der Waals surface area contributed by atoms with Gasteiger partial charge >= 0.3 is 30.2 Å². The van der Waals surface area contributed by atoms with Gasteiger partial charge in [0.25, 0.3) is 0 Å². The highest BCUT2D eigenvalue weighted by molar-refractivity contribution is 5.90. The highest BCUT2D eigenvalue weighted by Gasteiger charge is 2.75. The lowest BCUT2D eigenvalue weighted by Gasteiger charge is -2.31. The minimum atomic E-state index is -6.44. The van der Waals surface area contributed by atoms with Crippen LogP contribution in [0.5, 0.6) is 5.75 Å². The Kier molecular flexibility index (Phi) is 7.17. The van der Waals surface area contributed by atoms with E-state index < -0.39 is 36.8 Å². The van der Waals surface area contributed by atoms with E-state index in [1.807, 2.05) is 6.92 Å². The van der Waals surface area contributed by atoms with Gasteiger partial charge in [0.2, 0.25) is 0 Å².